The molecule has 7 nitrogen and oxygen atoms in total. The molecule has 1 fully saturated rings. The second kappa shape index (κ2) is 9.44. The number of nitrogens with zero attached hydrogens (tertiary/aromatic N) is 6. The van der Waals surface area contributed by atoms with E-state index in [0.717, 1.165) is 48.4 Å². The first-order chi connectivity index (χ1) is 17.2. The molecule has 0 radical (unpaired) electrons. The molecule has 2 aliphatic heterocycles. The molecular formula is C25H21F3N6OS. The van der Waals surface area contributed by atoms with Gasteiger partial charge in [0.2, 0.25) is 0 Å². The fraction of sp³-hybridized carbons (Fsp3) is 0.280. The molecule has 3 aromatic rings. The van der Waals surface area contributed by atoms with Gasteiger partial charge in [-0.3, -0.25) is 9.48 Å². The van der Waals surface area contributed by atoms with E-state index in [1.807, 2.05) is 6.07 Å². The maximum Gasteiger partial charge on any atom is 0.416 e. The summed E-state index contributed by atoms with van der Waals surface area (Å²) in [5.41, 5.74) is 0.573. The molecule has 2 aromatic carbocycles. The summed E-state index contributed by atoms with van der Waals surface area (Å²) in [6.45, 7) is 3.38. The summed E-state index contributed by atoms with van der Waals surface area (Å²) < 4.78 is 42.2. The summed E-state index contributed by atoms with van der Waals surface area (Å²) >= 11 is 1.36. The molecule has 0 spiro atoms. The van der Waals surface area contributed by atoms with Crippen LogP contribution in [-0.2, 0) is 17.5 Å². The van der Waals surface area contributed by atoms with E-state index in [1.54, 1.807) is 30.5 Å². The van der Waals surface area contributed by atoms with Crippen LogP contribution in [-0.4, -0.2) is 63.9 Å². The van der Waals surface area contributed by atoms with E-state index in [2.05, 4.69) is 26.9 Å². The van der Waals surface area contributed by atoms with Crippen LogP contribution in [0.1, 0.15) is 22.3 Å². The average Bonchev–Trinajstić information content (AvgIpc) is 3.42. The highest BCUT2D eigenvalue weighted by molar-refractivity contribution is 8.18. The first-order valence-corrected chi connectivity index (χ1v) is 12.0. The molecule has 0 unspecified atom stereocenters. The highest BCUT2D eigenvalue weighted by atomic mass is 32.2. The normalized spacial score (nSPS) is 18.2. The highest BCUT2D eigenvalue weighted by Gasteiger charge is 2.34. The lowest BCUT2D eigenvalue weighted by molar-refractivity contribution is -0.138. The maximum atomic E-state index is 13.6. The number of halogens is 3. The van der Waals surface area contributed by atoms with Crippen LogP contribution in [0.5, 0.6) is 0 Å². The van der Waals surface area contributed by atoms with Crippen molar-refractivity contribution in [3.63, 3.8) is 0 Å². The van der Waals surface area contributed by atoms with Crippen LogP contribution in [0.25, 0.3) is 17.0 Å². The van der Waals surface area contributed by atoms with Crippen LogP contribution in [0.4, 0.5) is 13.2 Å². The lowest BCUT2D eigenvalue weighted by Crippen LogP contribution is -2.46. The molecule has 2 aliphatic rings. The predicted octanol–water partition coefficient (Wildman–Crippen LogP) is 4.19. The second-order valence-corrected chi connectivity index (χ2v) is 9.71. The molecule has 5 rings (SSSR count). The summed E-state index contributed by atoms with van der Waals surface area (Å²) in [7, 11) is 2.06. The number of likely N-dealkylation sites (N-methyl/N-ethyl adjacent to an activating group) is 1. The van der Waals surface area contributed by atoms with Crippen molar-refractivity contribution >= 4 is 39.8 Å². The Kier molecular flexibility index (Phi) is 6.32. The third kappa shape index (κ3) is 4.87. The summed E-state index contributed by atoms with van der Waals surface area (Å²) in [6, 6.07) is 10.7. The van der Waals surface area contributed by atoms with Gasteiger partial charge in [-0.05, 0) is 60.3 Å². The fourth-order valence-corrected chi connectivity index (χ4v) is 5.18. The molecule has 0 bridgehead atoms. The number of hydrogen-bond acceptors (Lipinski definition) is 6. The molecule has 0 N–H and O–H groups in total. The van der Waals surface area contributed by atoms with Crippen molar-refractivity contribution in [1.29, 1.82) is 5.26 Å². The zero-order valence-corrected chi connectivity index (χ0v) is 20.1. The lowest BCUT2D eigenvalue weighted by atomic mass is 10.0. The Morgan fingerprint density at radius 2 is 1.92 bits per heavy atom. The highest BCUT2D eigenvalue weighted by Crippen LogP contribution is 2.34. The molecule has 36 heavy (non-hydrogen) atoms. The lowest BCUT2D eigenvalue weighted by Gasteiger charge is -2.32. The third-order valence-corrected chi connectivity index (χ3v) is 7.26. The minimum Gasteiger partial charge on any atom is -0.348 e. The van der Waals surface area contributed by atoms with Gasteiger partial charge in [-0.15, -0.1) is 0 Å². The van der Waals surface area contributed by atoms with Gasteiger partial charge in [0.25, 0.3) is 5.91 Å². The summed E-state index contributed by atoms with van der Waals surface area (Å²) in [5.74, 6) is -0.273. The van der Waals surface area contributed by atoms with Crippen molar-refractivity contribution in [2.75, 3.05) is 33.2 Å². The Labute approximate surface area is 209 Å². The van der Waals surface area contributed by atoms with Gasteiger partial charge in [-0.25, -0.2) is 0 Å². The number of nitriles is 1. The zero-order chi connectivity index (χ0) is 25.4. The van der Waals surface area contributed by atoms with Crippen LogP contribution in [0.2, 0.25) is 0 Å². The number of amides is 1. The van der Waals surface area contributed by atoms with Gasteiger partial charge in [0, 0.05) is 31.6 Å². The van der Waals surface area contributed by atoms with Crippen molar-refractivity contribution < 1.29 is 18.0 Å². The molecule has 1 amide bonds. The van der Waals surface area contributed by atoms with E-state index in [-0.39, 0.29) is 23.6 Å². The number of hydrogen-bond donors (Lipinski definition) is 0. The van der Waals surface area contributed by atoms with Gasteiger partial charge in [0.05, 0.1) is 40.4 Å². The van der Waals surface area contributed by atoms with Gasteiger partial charge in [-0.1, -0.05) is 12.1 Å². The number of carbonyl (C=O) groups is 1. The Morgan fingerprint density at radius 1 is 1.14 bits per heavy atom. The number of piperazine rings is 1. The van der Waals surface area contributed by atoms with Crippen LogP contribution >= 0.6 is 11.8 Å². The van der Waals surface area contributed by atoms with Crippen molar-refractivity contribution in [1.82, 2.24) is 19.6 Å². The number of aliphatic imine (C=N–C) groups is 1. The maximum absolute atomic E-state index is 13.6. The number of thioether (sulfide) groups is 1. The molecule has 1 aromatic heterocycles. The van der Waals surface area contributed by atoms with E-state index in [1.165, 1.54) is 28.6 Å². The van der Waals surface area contributed by atoms with Gasteiger partial charge < -0.3 is 9.80 Å². The van der Waals surface area contributed by atoms with E-state index in [4.69, 9.17) is 5.26 Å². The van der Waals surface area contributed by atoms with Gasteiger partial charge in [0.1, 0.15) is 0 Å². The quantitative estimate of drug-likeness (QED) is 0.492. The van der Waals surface area contributed by atoms with Crippen molar-refractivity contribution in [3.05, 3.63) is 69.8 Å². The molecule has 0 aliphatic carbocycles. The van der Waals surface area contributed by atoms with Crippen molar-refractivity contribution in [2.45, 2.75) is 12.7 Å². The van der Waals surface area contributed by atoms with Gasteiger partial charge >= 0.3 is 6.18 Å². The number of benzene rings is 2. The van der Waals surface area contributed by atoms with Crippen LogP contribution in [0.3, 0.4) is 0 Å². The summed E-state index contributed by atoms with van der Waals surface area (Å²) in [6.07, 6.45) is -1.22. The van der Waals surface area contributed by atoms with Crippen LogP contribution < -0.4 is 0 Å². The number of rotatable bonds is 3. The predicted molar refractivity (Wildman–Crippen MR) is 132 cm³/mol. The molecule has 1 saturated heterocycles. The average molecular weight is 511 g/mol. The number of amidine groups is 1. The number of carbonyl (C=O) groups excluding carboxylic acids is 1. The smallest absolute Gasteiger partial charge is 0.348 e. The van der Waals surface area contributed by atoms with E-state index < -0.39 is 11.7 Å². The third-order valence-electron chi connectivity index (χ3n) is 6.21. The topological polar surface area (TPSA) is 77.5 Å². The largest absolute Gasteiger partial charge is 0.416 e. The van der Waals surface area contributed by atoms with Gasteiger partial charge in [0.15, 0.2) is 5.17 Å². The second-order valence-electron chi connectivity index (χ2n) is 8.70. The molecular weight excluding hydrogens is 489 g/mol. The standard InChI is InChI=1S/C25H21F3N6OS/c1-32-6-8-33(9-7-32)24-31-23(35)22(36-24)12-16-3-5-21-19(10-16)14-30-34(21)15-18-4-2-17(13-29)11-20(18)25(26,27)28/h2-5,10-12,14H,6-9,15H2,1H3. The number of alkyl halides is 3. The van der Waals surface area contributed by atoms with E-state index in [9.17, 15) is 18.0 Å². The van der Waals surface area contributed by atoms with Crippen LogP contribution in [0, 0.1) is 11.3 Å². The SMILES string of the molecule is CN1CCN(C2=NC(=O)C(=Cc3ccc4c(cnn4Cc4ccc(C#N)cc4C(F)(F)F)c3)S2)CC1. The Hall–Kier alpha value is -3.62. The summed E-state index contributed by atoms with van der Waals surface area (Å²) in [4.78, 5) is 21.6. The molecule has 184 valence electrons. The first-order valence-electron chi connectivity index (χ1n) is 11.2. The first kappa shape index (κ1) is 24.1. The molecule has 0 atom stereocenters. The minimum atomic E-state index is -4.58. The van der Waals surface area contributed by atoms with E-state index >= 15 is 0 Å². The van der Waals surface area contributed by atoms with Gasteiger partial charge in [-0.2, -0.15) is 28.5 Å². The minimum absolute atomic E-state index is 0.0271. The molecule has 3 heterocycles. The number of aromatic nitrogens is 2. The van der Waals surface area contributed by atoms with E-state index in [0.29, 0.717) is 10.4 Å². The zero-order valence-electron chi connectivity index (χ0n) is 19.3. The fourth-order valence-electron chi connectivity index (χ4n) is 4.21. The number of fused-ring (bicyclic) bond motifs is 1. The van der Waals surface area contributed by atoms with Crippen LogP contribution in [0.15, 0.2) is 52.5 Å². The molecule has 0 saturated carbocycles. The Morgan fingerprint density at radius 3 is 2.64 bits per heavy atom. The Bertz CT molecular complexity index is 1440. The summed E-state index contributed by atoms with van der Waals surface area (Å²) in [5, 5.41) is 14.7. The van der Waals surface area contributed by atoms with Crippen molar-refractivity contribution in [2.24, 2.45) is 4.99 Å². The monoisotopic (exact) mass is 510 g/mol. The molecule has 11 heteroatoms. The van der Waals surface area contributed by atoms with Crippen molar-refractivity contribution in [3.8, 4) is 6.07 Å². The Balaban J connectivity index is 1.36.